The van der Waals surface area contributed by atoms with Gasteiger partial charge in [0.15, 0.2) is 0 Å². The fraction of sp³-hybridized carbons (Fsp3) is 0.606. The number of unbranched alkanes of at least 4 members (excludes halogenated alkanes) is 2. The van der Waals surface area contributed by atoms with E-state index >= 15 is 0 Å². The number of likely N-dealkylation sites (tertiary alicyclic amines) is 1. The molecule has 2 bridgehead atoms. The van der Waals surface area contributed by atoms with Gasteiger partial charge in [-0.05, 0) is 57.1 Å². The number of ether oxygens (including phenoxy) is 1. The summed E-state index contributed by atoms with van der Waals surface area (Å²) >= 11 is 0. The minimum atomic E-state index is -1.01. The number of nitrogens with zero attached hydrogens (tertiary/aromatic N) is 3. The highest BCUT2D eigenvalue weighted by molar-refractivity contribution is 6.03. The van der Waals surface area contributed by atoms with Gasteiger partial charge in [0, 0.05) is 38.0 Å². The Morgan fingerprint density at radius 3 is 2.41 bits per heavy atom. The SMILES string of the molecule is C=CCN(C(=O)[C@@H]1[C@@H]2CCC3(O2)C(C(=O)N(CC=C)C2CCCCC2)N(CCCCCO)C(=O)[C@H]13)c1ccccc1. The van der Waals surface area contributed by atoms with Crippen molar-refractivity contribution in [3.63, 3.8) is 0 Å². The van der Waals surface area contributed by atoms with E-state index in [1.54, 1.807) is 22.0 Å². The third kappa shape index (κ3) is 5.37. The summed E-state index contributed by atoms with van der Waals surface area (Å²) in [4.78, 5) is 48.6. The van der Waals surface area contributed by atoms with E-state index in [4.69, 9.17) is 4.74 Å². The lowest BCUT2D eigenvalue weighted by atomic mass is 9.70. The van der Waals surface area contributed by atoms with E-state index in [0.29, 0.717) is 45.3 Å². The quantitative estimate of drug-likeness (QED) is 0.288. The van der Waals surface area contributed by atoms with Crippen LogP contribution in [0.3, 0.4) is 0 Å². The normalized spacial score (nSPS) is 28.9. The average molecular weight is 564 g/mol. The number of benzene rings is 1. The third-order valence-corrected chi connectivity index (χ3v) is 9.65. The summed E-state index contributed by atoms with van der Waals surface area (Å²) in [6, 6.07) is 8.82. The molecule has 1 N–H and O–H groups in total. The molecule has 8 nitrogen and oxygen atoms in total. The zero-order valence-corrected chi connectivity index (χ0v) is 24.2. The van der Waals surface area contributed by atoms with E-state index in [1.807, 2.05) is 35.2 Å². The van der Waals surface area contributed by atoms with Crippen LogP contribution >= 0.6 is 0 Å². The highest BCUT2D eigenvalue weighted by Gasteiger charge is 2.75. The molecule has 2 unspecified atom stereocenters. The third-order valence-electron chi connectivity index (χ3n) is 9.65. The fourth-order valence-corrected chi connectivity index (χ4v) is 7.87. The summed E-state index contributed by atoms with van der Waals surface area (Å²) < 4.78 is 6.71. The van der Waals surface area contributed by atoms with Crippen molar-refractivity contribution < 1.29 is 24.2 Å². The van der Waals surface area contributed by atoms with E-state index in [2.05, 4.69) is 13.2 Å². The monoisotopic (exact) mass is 563 g/mol. The number of hydrogen-bond acceptors (Lipinski definition) is 5. The number of amides is 3. The molecule has 5 rings (SSSR count). The largest absolute Gasteiger partial charge is 0.396 e. The molecular weight excluding hydrogens is 518 g/mol. The molecule has 1 saturated carbocycles. The number of aliphatic hydroxyl groups excluding tert-OH is 1. The van der Waals surface area contributed by atoms with E-state index < -0.39 is 29.6 Å². The van der Waals surface area contributed by atoms with E-state index in [1.165, 1.54) is 6.42 Å². The van der Waals surface area contributed by atoms with Crippen molar-refractivity contribution in [2.45, 2.75) is 88.0 Å². The Hall–Kier alpha value is -2.97. The summed E-state index contributed by atoms with van der Waals surface area (Å²) in [6.07, 6.45) is 11.6. The van der Waals surface area contributed by atoms with Crippen molar-refractivity contribution in [1.82, 2.24) is 9.80 Å². The Morgan fingerprint density at radius 1 is 1.00 bits per heavy atom. The highest BCUT2D eigenvalue weighted by Crippen LogP contribution is 2.59. The van der Waals surface area contributed by atoms with Crippen LogP contribution in [0.15, 0.2) is 55.6 Å². The summed E-state index contributed by atoms with van der Waals surface area (Å²) in [7, 11) is 0. The zero-order valence-electron chi connectivity index (χ0n) is 24.2. The lowest BCUT2D eigenvalue weighted by molar-refractivity contribution is -0.150. The molecule has 1 aliphatic carbocycles. The molecule has 0 radical (unpaired) electrons. The molecule has 41 heavy (non-hydrogen) atoms. The number of aliphatic hydroxyl groups is 1. The van der Waals surface area contributed by atoms with Crippen molar-refractivity contribution in [1.29, 1.82) is 0 Å². The van der Waals surface area contributed by atoms with Crippen LogP contribution < -0.4 is 4.90 Å². The lowest BCUT2D eigenvalue weighted by Gasteiger charge is -2.40. The topological polar surface area (TPSA) is 90.4 Å². The molecule has 4 fully saturated rings. The van der Waals surface area contributed by atoms with Crippen LogP contribution in [0, 0.1) is 11.8 Å². The number of fused-ring (bicyclic) bond motifs is 1. The Labute approximate surface area is 244 Å². The Kier molecular flexibility index (Phi) is 9.29. The molecule has 5 atom stereocenters. The number of rotatable bonds is 13. The molecule has 0 aromatic heterocycles. The van der Waals surface area contributed by atoms with Crippen molar-refractivity contribution in [2.75, 3.05) is 31.1 Å². The van der Waals surface area contributed by atoms with Gasteiger partial charge in [0.25, 0.3) is 0 Å². The van der Waals surface area contributed by atoms with Crippen molar-refractivity contribution in [3.05, 3.63) is 55.6 Å². The highest BCUT2D eigenvalue weighted by atomic mass is 16.5. The van der Waals surface area contributed by atoms with Crippen molar-refractivity contribution in [2.24, 2.45) is 11.8 Å². The lowest BCUT2D eigenvalue weighted by Crippen LogP contribution is -2.58. The second-order valence-electron chi connectivity index (χ2n) is 12.0. The first-order valence-electron chi connectivity index (χ1n) is 15.5. The molecule has 1 spiro atoms. The first-order valence-corrected chi connectivity index (χ1v) is 15.5. The molecule has 3 saturated heterocycles. The fourth-order valence-electron chi connectivity index (χ4n) is 7.87. The van der Waals surface area contributed by atoms with Gasteiger partial charge < -0.3 is 24.5 Å². The number of carbonyl (C=O) groups is 3. The summed E-state index contributed by atoms with van der Waals surface area (Å²) in [6.45, 7) is 9.05. The first kappa shape index (κ1) is 29.5. The molecule has 3 heterocycles. The van der Waals surface area contributed by atoms with Gasteiger partial charge >= 0.3 is 0 Å². The predicted octanol–water partition coefficient (Wildman–Crippen LogP) is 4.09. The van der Waals surface area contributed by atoms with Crippen LogP contribution in [-0.4, -0.2) is 82.7 Å². The van der Waals surface area contributed by atoms with E-state index in [-0.39, 0.29) is 30.4 Å². The minimum Gasteiger partial charge on any atom is -0.396 e. The minimum absolute atomic E-state index is 0.0745. The molecule has 222 valence electrons. The number of anilines is 1. The molecule has 4 aliphatic rings. The van der Waals surface area contributed by atoms with Crippen LogP contribution in [0.4, 0.5) is 5.69 Å². The molecule has 3 aliphatic heterocycles. The Bertz CT molecular complexity index is 1120. The van der Waals surface area contributed by atoms with Gasteiger partial charge in [0.2, 0.25) is 17.7 Å². The van der Waals surface area contributed by atoms with Crippen LogP contribution in [-0.2, 0) is 19.1 Å². The standard InChI is InChI=1S/C33H45N3O5/c1-3-20-34(24-14-8-5-9-15-24)30(38)27-26-18-19-33(41-26)28(27)31(39)36(22-12-7-13-23-37)29(33)32(40)35(21-4-2)25-16-10-6-11-17-25/h3-5,8-9,14-15,25-29,37H,1-2,6-7,10-13,16-23H2/t26-,27+,28-,29?,33?/m0/s1. The number of para-hydroxylation sites is 1. The number of hydrogen-bond donors (Lipinski definition) is 1. The molecular formula is C33H45N3O5. The van der Waals surface area contributed by atoms with Crippen LogP contribution in [0.2, 0.25) is 0 Å². The number of carbonyl (C=O) groups excluding carboxylic acids is 3. The summed E-state index contributed by atoms with van der Waals surface area (Å²) in [5.41, 5.74) is -0.261. The maximum Gasteiger partial charge on any atom is 0.248 e. The van der Waals surface area contributed by atoms with E-state index in [0.717, 1.165) is 37.8 Å². The van der Waals surface area contributed by atoms with Crippen molar-refractivity contribution in [3.8, 4) is 0 Å². The smallest absolute Gasteiger partial charge is 0.248 e. The first-order chi connectivity index (χ1) is 20.0. The Morgan fingerprint density at radius 2 is 1.73 bits per heavy atom. The van der Waals surface area contributed by atoms with Gasteiger partial charge in [-0.15, -0.1) is 13.2 Å². The predicted molar refractivity (Wildman–Crippen MR) is 158 cm³/mol. The molecule has 1 aromatic carbocycles. The molecule has 3 amide bonds. The van der Waals surface area contributed by atoms with Gasteiger partial charge in [-0.25, -0.2) is 0 Å². The second kappa shape index (κ2) is 12.9. The average Bonchev–Trinajstić information content (AvgIpc) is 3.64. The zero-order chi connectivity index (χ0) is 29.0. The van der Waals surface area contributed by atoms with Gasteiger partial charge in [0.05, 0.1) is 17.9 Å². The summed E-state index contributed by atoms with van der Waals surface area (Å²) in [5.74, 6) is -1.73. The van der Waals surface area contributed by atoms with Gasteiger partial charge in [-0.3, -0.25) is 14.4 Å². The van der Waals surface area contributed by atoms with Crippen molar-refractivity contribution >= 4 is 23.4 Å². The second-order valence-corrected chi connectivity index (χ2v) is 12.0. The summed E-state index contributed by atoms with van der Waals surface area (Å²) in [5, 5.41) is 9.31. The van der Waals surface area contributed by atoms with Crippen LogP contribution in [0.1, 0.15) is 64.2 Å². The Balaban J connectivity index is 1.50. The molecule has 1 aromatic rings. The van der Waals surface area contributed by atoms with Crippen LogP contribution in [0.25, 0.3) is 0 Å². The molecule has 8 heteroatoms. The van der Waals surface area contributed by atoms with Gasteiger partial charge in [-0.2, -0.15) is 0 Å². The van der Waals surface area contributed by atoms with Gasteiger partial charge in [0.1, 0.15) is 11.6 Å². The van der Waals surface area contributed by atoms with E-state index in [9.17, 15) is 19.5 Å². The maximum atomic E-state index is 14.6. The maximum absolute atomic E-state index is 14.6. The van der Waals surface area contributed by atoms with Gasteiger partial charge in [-0.1, -0.05) is 49.6 Å². The van der Waals surface area contributed by atoms with Crippen LogP contribution in [0.5, 0.6) is 0 Å².